The number of nitrogens with zero attached hydrogens (tertiary/aromatic N) is 1. The van der Waals surface area contributed by atoms with Crippen molar-refractivity contribution in [2.75, 3.05) is 24.5 Å². The summed E-state index contributed by atoms with van der Waals surface area (Å²) < 4.78 is 13.3. The Bertz CT molecular complexity index is 632. The minimum Gasteiger partial charge on any atom is -0.368 e. The van der Waals surface area contributed by atoms with Crippen LogP contribution in [-0.2, 0) is 5.54 Å². The number of anilines is 1. The van der Waals surface area contributed by atoms with Crippen LogP contribution in [0.3, 0.4) is 0 Å². The molecule has 1 saturated heterocycles. The lowest BCUT2D eigenvalue weighted by Crippen LogP contribution is -2.56. The van der Waals surface area contributed by atoms with E-state index in [9.17, 15) is 4.39 Å². The maximum Gasteiger partial charge on any atom is 0.141 e. The van der Waals surface area contributed by atoms with Crippen molar-refractivity contribution in [2.24, 2.45) is 0 Å². The molecule has 0 aliphatic carbocycles. The number of hydrogen-bond donors (Lipinski definition) is 1. The molecule has 1 aliphatic rings. The minimum absolute atomic E-state index is 0.125. The van der Waals surface area contributed by atoms with Gasteiger partial charge in [0.1, 0.15) is 5.82 Å². The van der Waals surface area contributed by atoms with Crippen LogP contribution in [0.15, 0.2) is 48.5 Å². The van der Waals surface area contributed by atoms with Crippen LogP contribution in [0.2, 0.25) is 5.02 Å². The molecule has 0 bridgehead atoms. The first-order valence-electron chi connectivity index (χ1n) is 7.09. The summed E-state index contributed by atoms with van der Waals surface area (Å²) in [6.07, 6.45) is 0. The van der Waals surface area contributed by atoms with Crippen LogP contribution in [-0.4, -0.2) is 19.6 Å². The Labute approximate surface area is 129 Å². The SMILES string of the molecule is CC1(c2ccccc2)CN(c2ccc(F)c(Cl)c2)CCN1. The van der Waals surface area contributed by atoms with E-state index < -0.39 is 0 Å². The largest absolute Gasteiger partial charge is 0.368 e. The molecule has 1 unspecified atom stereocenters. The summed E-state index contributed by atoms with van der Waals surface area (Å²) in [5, 5.41) is 3.76. The average molecular weight is 305 g/mol. The Morgan fingerprint density at radius 1 is 1.19 bits per heavy atom. The molecule has 2 aromatic rings. The molecular weight excluding hydrogens is 287 g/mol. The van der Waals surface area contributed by atoms with Gasteiger partial charge in [-0.1, -0.05) is 41.9 Å². The molecule has 0 spiro atoms. The maximum absolute atomic E-state index is 13.3. The predicted octanol–water partition coefficient (Wildman–Crippen LogP) is 3.80. The predicted molar refractivity (Wildman–Crippen MR) is 85.4 cm³/mol. The molecule has 0 aromatic heterocycles. The van der Waals surface area contributed by atoms with Crippen LogP contribution < -0.4 is 10.2 Å². The van der Waals surface area contributed by atoms with E-state index in [2.05, 4.69) is 41.4 Å². The van der Waals surface area contributed by atoms with Gasteiger partial charge < -0.3 is 10.2 Å². The summed E-state index contributed by atoms with van der Waals surface area (Å²) in [5.41, 5.74) is 2.09. The summed E-state index contributed by atoms with van der Waals surface area (Å²) in [4.78, 5) is 2.24. The van der Waals surface area contributed by atoms with Gasteiger partial charge in [-0.3, -0.25) is 0 Å². The lowest BCUT2D eigenvalue weighted by atomic mass is 9.89. The molecule has 110 valence electrons. The first-order valence-corrected chi connectivity index (χ1v) is 7.47. The van der Waals surface area contributed by atoms with Crippen molar-refractivity contribution >= 4 is 17.3 Å². The molecule has 0 amide bonds. The molecule has 0 radical (unpaired) electrons. The first-order chi connectivity index (χ1) is 10.1. The Balaban J connectivity index is 1.87. The Hall–Kier alpha value is -1.58. The quantitative estimate of drug-likeness (QED) is 0.908. The van der Waals surface area contributed by atoms with Gasteiger partial charge in [0.25, 0.3) is 0 Å². The molecule has 1 fully saturated rings. The Morgan fingerprint density at radius 3 is 2.67 bits per heavy atom. The highest BCUT2D eigenvalue weighted by molar-refractivity contribution is 6.31. The topological polar surface area (TPSA) is 15.3 Å². The van der Waals surface area contributed by atoms with E-state index in [0.717, 1.165) is 25.3 Å². The van der Waals surface area contributed by atoms with Crippen molar-refractivity contribution in [3.8, 4) is 0 Å². The normalized spacial score (nSPS) is 22.3. The third kappa shape index (κ3) is 2.89. The van der Waals surface area contributed by atoms with E-state index in [0.29, 0.717) is 0 Å². The van der Waals surface area contributed by atoms with Gasteiger partial charge in [0.15, 0.2) is 0 Å². The van der Waals surface area contributed by atoms with Gasteiger partial charge in [-0.2, -0.15) is 0 Å². The van der Waals surface area contributed by atoms with Gasteiger partial charge >= 0.3 is 0 Å². The molecule has 4 heteroatoms. The van der Waals surface area contributed by atoms with Crippen LogP contribution in [0.1, 0.15) is 12.5 Å². The Morgan fingerprint density at radius 2 is 1.95 bits per heavy atom. The molecule has 2 nitrogen and oxygen atoms in total. The standard InChI is InChI=1S/C17H18ClFN2/c1-17(13-5-3-2-4-6-13)12-21(10-9-20-17)14-7-8-16(19)15(18)11-14/h2-8,11,20H,9-10,12H2,1H3. The van der Waals surface area contributed by atoms with Crippen LogP contribution in [0.5, 0.6) is 0 Å². The summed E-state index contributed by atoms with van der Waals surface area (Å²) >= 11 is 5.90. The highest BCUT2D eigenvalue weighted by Crippen LogP contribution is 2.29. The molecule has 2 aromatic carbocycles. The van der Waals surface area contributed by atoms with Crippen molar-refractivity contribution in [2.45, 2.75) is 12.5 Å². The van der Waals surface area contributed by atoms with Crippen LogP contribution in [0, 0.1) is 5.82 Å². The number of hydrogen-bond acceptors (Lipinski definition) is 2. The summed E-state index contributed by atoms with van der Waals surface area (Å²) in [6.45, 7) is 4.77. The van der Waals surface area contributed by atoms with Crippen molar-refractivity contribution in [3.05, 3.63) is 64.9 Å². The van der Waals surface area contributed by atoms with E-state index in [1.54, 1.807) is 12.1 Å². The van der Waals surface area contributed by atoms with Crippen molar-refractivity contribution in [1.82, 2.24) is 5.32 Å². The molecule has 1 atom stereocenters. The fraction of sp³-hybridized carbons (Fsp3) is 0.294. The monoisotopic (exact) mass is 304 g/mol. The number of nitrogens with one attached hydrogen (secondary N) is 1. The van der Waals surface area contributed by atoms with Gasteiger partial charge in [-0.15, -0.1) is 0 Å². The molecule has 3 rings (SSSR count). The number of benzene rings is 2. The molecule has 1 N–H and O–H groups in total. The highest BCUT2D eigenvalue weighted by atomic mass is 35.5. The second-order valence-corrected chi connectivity index (χ2v) is 6.05. The van der Waals surface area contributed by atoms with Crippen molar-refractivity contribution in [1.29, 1.82) is 0 Å². The van der Waals surface area contributed by atoms with Crippen LogP contribution >= 0.6 is 11.6 Å². The van der Waals surface area contributed by atoms with Crippen LogP contribution in [0.4, 0.5) is 10.1 Å². The fourth-order valence-electron chi connectivity index (χ4n) is 2.88. The summed E-state index contributed by atoms with van der Waals surface area (Å²) in [5.74, 6) is -0.374. The maximum atomic E-state index is 13.3. The first kappa shape index (κ1) is 14.4. The highest BCUT2D eigenvalue weighted by Gasteiger charge is 2.32. The van der Waals surface area contributed by atoms with Gasteiger partial charge in [-0.25, -0.2) is 4.39 Å². The van der Waals surface area contributed by atoms with Crippen LogP contribution in [0.25, 0.3) is 0 Å². The zero-order chi connectivity index (χ0) is 14.9. The minimum atomic E-state index is -0.374. The third-order valence-electron chi connectivity index (χ3n) is 4.08. The molecule has 1 heterocycles. The zero-order valence-corrected chi connectivity index (χ0v) is 12.7. The van der Waals surface area contributed by atoms with E-state index in [1.165, 1.54) is 11.6 Å². The van der Waals surface area contributed by atoms with Gasteiger partial charge in [-0.05, 0) is 30.7 Å². The van der Waals surface area contributed by atoms with E-state index in [-0.39, 0.29) is 16.4 Å². The van der Waals surface area contributed by atoms with Crippen molar-refractivity contribution in [3.63, 3.8) is 0 Å². The number of rotatable bonds is 2. The average Bonchev–Trinajstić information content (AvgIpc) is 2.51. The second-order valence-electron chi connectivity index (χ2n) is 5.64. The van der Waals surface area contributed by atoms with E-state index in [4.69, 9.17) is 11.6 Å². The number of piperazine rings is 1. The van der Waals surface area contributed by atoms with E-state index in [1.807, 2.05) is 6.07 Å². The smallest absolute Gasteiger partial charge is 0.141 e. The summed E-state index contributed by atoms with van der Waals surface area (Å²) in [7, 11) is 0. The zero-order valence-electron chi connectivity index (χ0n) is 11.9. The molecular formula is C17H18ClFN2. The van der Waals surface area contributed by atoms with Gasteiger partial charge in [0.05, 0.1) is 10.6 Å². The second kappa shape index (κ2) is 5.66. The molecule has 0 saturated carbocycles. The third-order valence-corrected chi connectivity index (χ3v) is 4.37. The lowest BCUT2D eigenvalue weighted by molar-refractivity contribution is 0.332. The van der Waals surface area contributed by atoms with Gasteiger partial charge in [0.2, 0.25) is 0 Å². The van der Waals surface area contributed by atoms with Gasteiger partial charge in [0, 0.05) is 25.3 Å². The summed E-state index contributed by atoms with van der Waals surface area (Å²) in [6, 6.07) is 15.3. The molecule has 1 aliphatic heterocycles. The molecule has 21 heavy (non-hydrogen) atoms. The lowest BCUT2D eigenvalue weighted by Gasteiger charge is -2.43. The number of halogens is 2. The van der Waals surface area contributed by atoms with Crippen molar-refractivity contribution < 1.29 is 4.39 Å². The Kier molecular flexibility index (Phi) is 3.87. The van der Waals surface area contributed by atoms with E-state index >= 15 is 0 Å². The fourth-order valence-corrected chi connectivity index (χ4v) is 3.06.